The van der Waals surface area contributed by atoms with Gasteiger partial charge in [-0.2, -0.15) is 13.2 Å². The Bertz CT molecular complexity index is 835. The number of alkyl halides is 3. The molecule has 29 heavy (non-hydrogen) atoms. The van der Waals surface area contributed by atoms with E-state index in [1.54, 1.807) is 0 Å². The van der Waals surface area contributed by atoms with Crippen LogP contribution >= 0.6 is 46.4 Å². The van der Waals surface area contributed by atoms with Crippen LogP contribution in [-0.2, 0) is 6.18 Å². The zero-order valence-corrected chi connectivity index (χ0v) is 17.6. The summed E-state index contributed by atoms with van der Waals surface area (Å²) in [7, 11) is 0. The molecule has 0 radical (unpaired) electrons. The van der Waals surface area contributed by atoms with Crippen molar-refractivity contribution in [1.82, 2.24) is 4.98 Å². The van der Waals surface area contributed by atoms with Crippen LogP contribution in [-0.4, -0.2) is 24.8 Å². The smallest absolute Gasteiger partial charge is 0.421 e. The molecule has 0 atom stereocenters. The predicted molar refractivity (Wildman–Crippen MR) is 107 cm³/mol. The first kappa shape index (κ1) is 23.7. The van der Waals surface area contributed by atoms with Gasteiger partial charge in [0.1, 0.15) is 22.4 Å². The summed E-state index contributed by atoms with van der Waals surface area (Å²) in [4.78, 5) is 3.61. The Kier molecular flexibility index (Phi) is 9.02. The van der Waals surface area contributed by atoms with Gasteiger partial charge in [-0.25, -0.2) is 4.98 Å². The number of halogens is 7. The Labute approximate surface area is 185 Å². The second-order valence-electron chi connectivity index (χ2n) is 5.43. The number of hydrogen-bond donors (Lipinski definition) is 0. The fraction of sp³-hybridized carbons (Fsp3) is 0.278. The summed E-state index contributed by atoms with van der Waals surface area (Å²) < 4.78 is 54.7. The lowest BCUT2D eigenvalue weighted by molar-refractivity contribution is -0.139. The average Bonchev–Trinajstić information content (AvgIpc) is 2.62. The summed E-state index contributed by atoms with van der Waals surface area (Å²) in [5.74, 6) is 0.125. The highest BCUT2D eigenvalue weighted by molar-refractivity contribution is 6.55. The molecule has 2 rings (SSSR count). The van der Waals surface area contributed by atoms with E-state index in [1.165, 1.54) is 30.5 Å². The Morgan fingerprint density at radius 1 is 1.03 bits per heavy atom. The van der Waals surface area contributed by atoms with Gasteiger partial charge in [-0.05, 0) is 18.2 Å². The van der Waals surface area contributed by atoms with Gasteiger partial charge in [-0.15, -0.1) is 0 Å². The number of nitrogens with zero attached hydrogens (tertiary/aromatic N) is 1. The molecule has 1 aromatic heterocycles. The largest absolute Gasteiger partial charge is 0.490 e. The van der Waals surface area contributed by atoms with E-state index in [0.717, 1.165) is 6.07 Å². The summed E-state index contributed by atoms with van der Waals surface area (Å²) in [6.07, 6.45) is -1.60. The number of ether oxygens (including phenoxy) is 3. The standard InChI is InChI=1S/C18H14Cl4F3NO3/c19-13-9-11(27-8-4-15(21)22)10-14(20)16(13)28-6-2-7-29-17-12(18(23,24)25)3-1-5-26-17/h1,3-5,9-10H,2,6-8H2. The Morgan fingerprint density at radius 2 is 1.69 bits per heavy atom. The van der Waals surface area contributed by atoms with Crippen molar-refractivity contribution in [2.24, 2.45) is 0 Å². The highest BCUT2D eigenvalue weighted by Crippen LogP contribution is 2.37. The third-order valence-corrected chi connectivity index (χ3v) is 4.18. The van der Waals surface area contributed by atoms with Crippen molar-refractivity contribution < 1.29 is 27.4 Å². The van der Waals surface area contributed by atoms with Gasteiger partial charge in [0.2, 0.25) is 5.88 Å². The van der Waals surface area contributed by atoms with E-state index in [0.29, 0.717) is 5.75 Å². The molecule has 1 heterocycles. The van der Waals surface area contributed by atoms with Crippen molar-refractivity contribution >= 4 is 46.4 Å². The van der Waals surface area contributed by atoms with E-state index in [9.17, 15) is 13.2 Å². The Morgan fingerprint density at radius 3 is 2.31 bits per heavy atom. The second kappa shape index (κ2) is 11.0. The van der Waals surface area contributed by atoms with Crippen molar-refractivity contribution in [3.8, 4) is 17.4 Å². The van der Waals surface area contributed by atoms with E-state index in [4.69, 9.17) is 60.6 Å². The maximum atomic E-state index is 12.9. The third kappa shape index (κ3) is 7.66. The highest BCUT2D eigenvalue weighted by atomic mass is 35.5. The lowest BCUT2D eigenvalue weighted by Gasteiger charge is -2.14. The van der Waals surface area contributed by atoms with Gasteiger partial charge in [-0.3, -0.25) is 0 Å². The fourth-order valence-electron chi connectivity index (χ4n) is 2.08. The molecule has 11 heteroatoms. The molecule has 0 saturated carbocycles. The topological polar surface area (TPSA) is 40.6 Å². The maximum absolute atomic E-state index is 12.9. The average molecular weight is 491 g/mol. The van der Waals surface area contributed by atoms with E-state index < -0.39 is 17.6 Å². The first-order chi connectivity index (χ1) is 13.7. The molecule has 0 aliphatic heterocycles. The summed E-state index contributed by atoms with van der Waals surface area (Å²) in [5, 5.41) is 0.414. The summed E-state index contributed by atoms with van der Waals surface area (Å²) in [5.41, 5.74) is -0.937. The van der Waals surface area contributed by atoms with Crippen molar-refractivity contribution in [2.45, 2.75) is 12.6 Å². The minimum Gasteiger partial charge on any atom is -0.490 e. The molecule has 0 bridgehead atoms. The number of hydrogen-bond acceptors (Lipinski definition) is 4. The summed E-state index contributed by atoms with van der Waals surface area (Å²) >= 11 is 23.2. The Balaban J connectivity index is 1.86. The third-order valence-electron chi connectivity index (χ3n) is 3.31. The minimum absolute atomic E-state index is 0.0396. The molecule has 4 nitrogen and oxygen atoms in total. The van der Waals surface area contributed by atoms with Crippen LogP contribution in [0.5, 0.6) is 17.4 Å². The van der Waals surface area contributed by atoms with Gasteiger partial charge >= 0.3 is 6.18 Å². The molecule has 0 fully saturated rings. The zero-order valence-electron chi connectivity index (χ0n) is 14.6. The van der Waals surface area contributed by atoms with Gasteiger partial charge < -0.3 is 14.2 Å². The molecule has 0 spiro atoms. The molecule has 0 aliphatic rings. The van der Waals surface area contributed by atoms with Gasteiger partial charge in [-0.1, -0.05) is 46.4 Å². The molecule has 0 unspecified atom stereocenters. The molecular formula is C18H14Cl4F3NO3. The number of benzene rings is 1. The van der Waals surface area contributed by atoms with Gasteiger partial charge in [0.15, 0.2) is 5.75 Å². The number of aromatic nitrogens is 1. The molecule has 0 amide bonds. The first-order valence-electron chi connectivity index (χ1n) is 8.09. The fourth-order valence-corrected chi connectivity index (χ4v) is 2.78. The second-order valence-corrected chi connectivity index (χ2v) is 7.25. The summed E-state index contributed by atoms with van der Waals surface area (Å²) in [6, 6.07) is 5.09. The normalized spacial score (nSPS) is 11.1. The Hall–Kier alpha value is -1.54. The van der Waals surface area contributed by atoms with Crippen LogP contribution < -0.4 is 14.2 Å². The number of pyridine rings is 1. The number of rotatable bonds is 9. The predicted octanol–water partition coefficient (Wildman–Crippen LogP) is 6.95. The SMILES string of the molecule is FC(F)(F)c1cccnc1OCCCOc1c(Cl)cc(OCC=C(Cl)Cl)cc1Cl. The molecule has 158 valence electrons. The molecule has 0 saturated heterocycles. The van der Waals surface area contributed by atoms with Crippen LogP contribution in [0.1, 0.15) is 12.0 Å². The lowest BCUT2D eigenvalue weighted by Crippen LogP contribution is -2.12. The van der Waals surface area contributed by atoms with E-state index in [1.807, 2.05) is 0 Å². The van der Waals surface area contributed by atoms with Crippen LogP contribution in [0.15, 0.2) is 41.0 Å². The van der Waals surface area contributed by atoms with Crippen LogP contribution in [0.4, 0.5) is 13.2 Å². The van der Waals surface area contributed by atoms with Crippen LogP contribution in [0.2, 0.25) is 10.0 Å². The lowest BCUT2D eigenvalue weighted by atomic mass is 10.2. The van der Waals surface area contributed by atoms with Crippen LogP contribution in [0.3, 0.4) is 0 Å². The van der Waals surface area contributed by atoms with Crippen molar-refractivity contribution in [2.75, 3.05) is 19.8 Å². The van der Waals surface area contributed by atoms with E-state index in [-0.39, 0.29) is 46.5 Å². The maximum Gasteiger partial charge on any atom is 0.421 e. The van der Waals surface area contributed by atoms with E-state index >= 15 is 0 Å². The zero-order chi connectivity index (χ0) is 21.4. The van der Waals surface area contributed by atoms with Gasteiger partial charge in [0.05, 0.1) is 23.3 Å². The monoisotopic (exact) mass is 489 g/mol. The highest BCUT2D eigenvalue weighted by Gasteiger charge is 2.34. The molecule has 0 N–H and O–H groups in total. The minimum atomic E-state index is -4.55. The molecule has 1 aromatic carbocycles. The van der Waals surface area contributed by atoms with Gasteiger partial charge in [0.25, 0.3) is 0 Å². The van der Waals surface area contributed by atoms with Crippen LogP contribution in [0, 0.1) is 0 Å². The van der Waals surface area contributed by atoms with E-state index in [2.05, 4.69) is 4.98 Å². The first-order valence-corrected chi connectivity index (χ1v) is 9.60. The summed E-state index contributed by atoms with van der Waals surface area (Å²) in [6.45, 7) is 0.195. The molecule has 2 aromatic rings. The molecular weight excluding hydrogens is 477 g/mol. The quantitative estimate of drug-likeness (QED) is 0.356. The van der Waals surface area contributed by atoms with Crippen LogP contribution in [0.25, 0.3) is 0 Å². The van der Waals surface area contributed by atoms with Crippen molar-refractivity contribution in [3.05, 3.63) is 56.6 Å². The van der Waals surface area contributed by atoms with Gasteiger partial charge in [0, 0.05) is 24.8 Å². The van der Waals surface area contributed by atoms with Crippen molar-refractivity contribution in [1.29, 1.82) is 0 Å². The van der Waals surface area contributed by atoms with Crippen molar-refractivity contribution in [3.63, 3.8) is 0 Å². The molecule has 0 aliphatic carbocycles.